The number of para-hydroxylation sites is 2. The van der Waals surface area contributed by atoms with Crippen LogP contribution in [0.5, 0.6) is 17.2 Å². The van der Waals surface area contributed by atoms with E-state index in [1.165, 1.54) is 24.3 Å². The first kappa shape index (κ1) is 21.2. The van der Waals surface area contributed by atoms with Gasteiger partial charge in [0.1, 0.15) is 5.75 Å². The highest BCUT2D eigenvalue weighted by atomic mass is 19.4. The van der Waals surface area contributed by atoms with Gasteiger partial charge in [-0.3, -0.25) is 9.78 Å². The summed E-state index contributed by atoms with van der Waals surface area (Å²) in [6.45, 7) is 3.73. The Hall–Kier alpha value is -3.55. The van der Waals surface area contributed by atoms with Gasteiger partial charge >= 0.3 is 6.36 Å². The number of amides is 1. The zero-order chi connectivity index (χ0) is 21.7. The Bertz CT molecular complexity index is 1050. The summed E-state index contributed by atoms with van der Waals surface area (Å²) in [5.74, 6) is -0.673. The van der Waals surface area contributed by atoms with Crippen molar-refractivity contribution in [3.63, 3.8) is 0 Å². The van der Waals surface area contributed by atoms with E-state index in [-0.39, 0.29) is 17.4 Å². The third-order valence-electron chi connectivity index (χ3n) is 4.14. The fraction of sp³-hybridized carbons (Fsp3) is 0.182. The van der Waals surface area contributed by atoms with Crippen molar-refractivity contribution in [2.24, 2.45) is 0 Å². The Morgan fingerprint density at radius 1 is 1.03 bits per heavy atom. The lowest BCUT2D eigenvalue weighted by Gasteiger charge is -2.14. The normalized spacial score (nSPS) is 11.1. The minimum absolute atomic E-state index is 0.103. The molecule has 0 bridgehead atoms. The molecule has 5 nitrogen and oxygen atoms in total. The van der Waals surface area contributed by atoms with Gasteiger partial charge < -0.3 is 14.8 Å². The number of rotatable bonds is 6. The standard InChI is InChI=1S/C22H19F3N2O3/c1-3-15-11-12-18(14(2)26-15)21(28)27-16-7-6-8-17(13-16)29-19-9-4-5-10-20(19)30-22(23,24)25/h4-13H,3H2,1-2H3,(H,27,28). The second-order valence-corrected chi connectivity index (χ2v) is 6.37. The van der Waals surface area contributed by atoms with E-state index in [2.05, 4.69) is 15.0 Å². The molecular formula is C22H19F3N2O3. The lowest BCUT2D eigenvalue weighted by molar-refractivity contribution is -0.275. The monoisotopic (exact) mass is 416 g/mol. The highest BCUT2D eigenvalue weighted by molar-refractivity contribution is 6.05. The van der Waals surface area contributed by atoms with Gasteiger partial charge in [-0.05, 0) is 49.7 Å². The molecule has 8 heteroatoms. The van der Waals surface area contributed by atoms with E-state index in [1.807, 2.05) is 6.92 Å². The molecule has 0 saturated carbocycles. The third kappa shape index (κ3) is 5.50. The molecule has 0 unspecified atom stereocenters. The van der Waals surface area contributed by atoms with Gasteiger partial charge in [-0.2, -0.15) is 0 Å². The van der Waals surface area contributed by atoms with E-state index < -0.39 is 12.1 Å². The molecule has 1 aromatic heterocycles. The molecule has 1 N–H and O–H groups in total. The number of carbonyl (C=O) groups is 1. The summed E-state index contributed by atoms with van der Waals surface area (Å²) in [6.07, 6.45) is -4.07. The van der Waals surface area contributed by atoms with Crippen LogP contribution in [0.1, 0.15) is 28.7 Å². The highest BCUT2D eigenvalue weighted by Gasteiger charge is 2.32. The maximum atomic E-state index is 12.6. The van der Waals surface area contributed by atoms with E-state index >= 15 is 0 Å². The lowest BCUT2D eigenvalue weighted by atomic mass is 10.1. The minimum atomic E-state index is -4.84. The van der Waals surface area contributed by atoms with Gasteiger partial charge in [-0.15, -0.1) is 13.2 Å². The van der Waals surface area contributed by atoms with E-state index in [9.17, 15) is 18.0 Å². The maximum Gasteiger partial charge on any atom is 0.573 e. The Kier molecular flexibility index (Phi) is 6.25. The number of aryl methyl sites for hydroxylation is 2. The topological polar surface area (TPSA) is 60.5 Å². The summed E-state index contributed by atoms with van der Waals surface area (Å²) in [4.78, 5) is 17.0. The summed E-state index contributed by atoms with van der Waals surface area (Å²) in [7, 11) is 0. The summed E-state index contributed by atoms with van der Waals surface area (Å²) in [6, 6.07) is 15.3. The molecule has 0 aliphatic heterocycles. The number of aromatic nitrogens is 1. The molecule has 3 rings (SSSR count). The Balaban J connectivity index is 1.77. The number of pyridine rings is 1. The van der Waals surface area contributed by atoms with E-state index in [0.29, 0.717) is 16.9 Å². The van der Waals surface area contributed by atoms with Crippen LogP contribution in [-0.4, -0.2) is 17.3 Å². The second-order valence-electron chi connectivity index (χ2n) is 6.37. The summed E-state index contributed by atoms with van der Waals surface area (Å²) in [5.41, 5.74) is 2.35. The summed E-state index contributed by atoms with van der Waals surface area (Å²) >= 11 is 0. The molecule has 0 radical (unpaired) electrons. The highest BCUT2D eigenvalue weighted by Crippen LogP contribution is 2.35. The number of halogens is 3. The molecule has 0 atom stereocenters. The average molecular weight is 416 g/mol. The molecule has 3 aromatic rings. The molecule has 0 fully saturated rings. The number of anilines is 1. The van der Waals surface area contributed by atoms with Crippen molar-refractivity contribution in [2.45, 2.75) is 26.6 Å². The van der Waals surface area contributed by atoms with Crippen LogP contribution in [0, 0.1) is 6.92 Å². The van der Waals surface area contributed by atoms with Crippen LogP contribution in [0.25, 0.3) is 0 Å². The molecule has 156 valence electrons. The molecule has 1 heterocycles. The largest absolute Gasteiger partial charge is 0.573 e. The average Bonchev–Trinajstić information content (AvgIpc) is 2.68. The third-order valence-corrected chi connectivity index (χ3v) is 4.14. The van der Waals surface area contributed by atoms with E-state index in [1.54, 1.807) is 37.3 Å². The zero-order valence-corrected chi connectivity index (χ0v) is 16.3. The molecule has 30 heavy (non-hydrogen) atoms. The number of benzene rings is 2. The summed E-state index contributed by atoms with van der Waals surface area (Å²) in [5, 5.41) is 2.75. The molecule has 0 aliphatic rings. The van der Waals surface area contributed by atoms with Crippen LogP contribution in [-0.2, 0) is 6.42 Å². The molecule has 2 aromatic carbocycles. The first-order chi connectivity index (χ1) is 14.2. The molecular weight excluding hydrogens is 397 g/mol. The number of ether oxygens (including phenoxy) is 2. The Labute approximate surface area is 171 Å². The van der Waals surface area contributed by atoms with Gasteiger partial charge in [0.15, 0.2) is 11.5 Å². The number of carbonyl (C=O) groups excluding carboxylic acids is 1. The zero-order valence-electron chi connectivity index (χ0n) is 16.3. The number of hydrogen-bond donors (Lipinski definition) is 1. The van der Waals surface area contributed by atoms with Crippen molar-refractivity contribution in [1.29, 1.82) is 0 Å². The van der Waals surface area contributed by atoms with Crippen molar-refractivity contribution in [1.82, 2.24) is 4.98 Å². The van der Waals surface area contributed by atoms with Crippen LogP contribution in [0.15, 0.2) is 60.7 Å². The van der Waals surface area contributed by atoms with Crippen molar-refractivity contribution in [3.8, 4) is 17.2 Å². The predicted molar refractivity (Wildman–Crippen MR) is 106 cm³/mol. The van der Waals surface area contributed by atoms with Crippen LogP contribution in [0.4, 0.5) is 18.9 Å². The van der Waals surface area contributed by atoms with Crippen LogP contribution >= 0.6 is 0 Å². The lowest BCUT2D eigenvalue weighted by Crippen LogP contribution is -2.17. The Morgan fingerprint density at radius 2 is 1.77 bits per heavy atom. The molecule has 1 amide bonds. The smallest absolute Gasteiger partial charge is 0.453 e. The summed E-state index contributed by atoms with van der Waals surface area (Å²) < 4.78 is 47.3. The van der Waals surface area contributed by atoms with Gasteiger partial charge in [-0.1, -0.05) is 25.1 Å². The molecule has 0 saturated heterocycles. The van der Waals surface area contributed by atoms with Gasteiger partial charge in [0.25, 0.3) is 5.91 Å². The van der Waals surface area contributed by atoms with Crippen molar-refractivity contribution >= 4 is 11.6 Å². The fourth-order valence-electron chi connectivity index (χ4n) is 2.76. The molecule has 0 aliphatic carbocycles. The van der Waals surface area contributed by atoms with Gasteiger partial charge in [0.05, 0.1) is 11.3 Å². The minimum Gasteiger partial charge on any atom is -0.453 e. The quantitative estimate of drug-likeness (QED) is 0.544. The van der Waals surface area contributed by atoms with Crippen molar-refractivity contribution in [2.75, 3.05) is 5.32 Å². The van der Waals surface area contributed by atoms with Gasteiger partial charge in [0, 0.05) is 17.4 Å². The van der Waals surface area contributed by atoms with Crippen LogP contribution in [0.2, 0.25) is 0 Å². The first-order valence-electron chi connectivity index (χ1n) is 9.15. The van der Waals surface area contributed by atoms with Crippen LogP contribution in [0.3, 0.4) is 0 Å². The van der Waals surface area contributed by atoms with Crippen LogP contribution < -0.4 is 14.8 Å². The molecule has 0 spiro atoms. The Morgan fingerprint density at radius 3 is 2.43 bits per heavy atom. The number of nitrogens with zero attached hydrogens (tertiary/aromatic N) is 1. The SMILES string of the molecule is CCc1ccc(C(=O)Nc2cccc(Oc3ccccc3OC(F)(F)F)c2)c(C)n1. The number of nitrogens with one attached hydrogen (secondary N) is 1. The van der Waals surface area contributed by atoms with E-state index in [4.69, 9.17) is 4.74 Å². The van der Waals surface area contributed by atoms with Gasteiger partial charge in [-0.25, -0.2) is 0 Å². The fourth-order valence-corrected chi connectivity index (χ4v) is 2.76. The predicted octanol–water partition coefficient (Wildman–Crippen LogP) is 5.90. The maximum absolute atomic E-state index is 12.6. The first-order valence-corrected chi connectivity index (χ1v) is 9.15. The van der Waals surface area contributed by atoms with Gasteiger partial charge in [0.2, 0.25) is 0 Å². The second kappa shape index (κ2) is 8.86. The van der Waals surface area contributed by atoms with Crippen molar-refractivity contribution in [3.05, 3.63) is 77.6 Å². The number of alkyl halides is 3. The van der Waals surface area contributed by atoms with E-state index in [0.717, 1.165) is 18.2 Å². The van der Waals surface area contributed by atoms with Crippen molar-refractivity contribution < 1.29 is 27.4 Å². The number of hydrogen-bond acceptors (Lipinski definition) is 4.